The Morgan fingerprint density at radius 2 is 2.10 bits per heavy atom. The molecule has 0 amide bonds. The first kappa shape index (κ1) is 16.1. The van der Waals surface area contributed by atoms with E-state index in [1.54, 1.807) is 0 Å². The lowest BCUT2D eigenvalue weighted by Crippen LogP contribution is -2.45. The van der Waals surface area contributed by atoms with Gasteiger partial charge in [-0.15, -0.1) is 0 Å². The molecule has 1 aromatic rings. The van der Waals surface area contributed by atoms with Crippen molar-refractivity contribution in [2.24, 2.45) is 0 Å². The lowest BCUT2D eigenvalue weighted by Gasteiger charge is -2.29. The molecule has 5 heteroatoms. The molecule has 1 aromatic carbocycles. The molecule has 2 rings (SSSR count). The number of likely N-dealkylation sites (N-methyl/N-ethyl adjacent to an activating group) is 1. The molecule has 0 saturated carbocycles. The third-order valence-corrected chi connectivity index (χ3v) is 3.83. The molecular weight excluding hydrogens is 266 g/mol. The molecule has 118 valence electrons. The normalized spacial score (nSPS) is 16.3. The highest BCUT2D eigenvalue weighted by atomic mass is 16.5. The Labute approximate surface area is 127 Å². The van der Waals surface area contributed by atoms with Crippen LogP contribution in [0.3, 0.4) is 0 Å². The minimum Gasteiger partial charge on any atom is -0.504 e. The van der Waals surface area contributed by atoms with Gasteiger partial charge in [-0.25, -0.2) is 0 Å². The summed E-state index contributed by atoms with van der Waals surface area (Å²) in [7, 11) is 2.09. The predicted octanol–water partition coefficient (Wildman–Crippen LogP) is 1.13. The summed E-state index contributed by atoms with van der Waals surface area (Å²) in [5.74, 6) is 0.846. The average Bonchev–Trinajstić information content (AvgIpc) is 2.50. The van der Waals surface area contributed by atoms with Gasteiger partial charge in [0.15, 0.2) is 11.5 Å². The number of benzene rings is 1. The van der Waals surface area contributed by atoms with Crippen molar-refractivity contribution in [2.75, 3.05) is 52.9 Å². The van der Waals surface area contributed by atoms with Crippen LogP contribution in [0.4, 0.5) is 0 Å². The summed E-state index contributed by atoms with van der Waals surface area (Å²) in [4.78, 5) is 4.72. The van der Waals surface area contributed by atoms with E-state index in [4.69, 9.17) is 4.74 Å². The number of rotatable bonds is 7. The van der Waals surface area contributed by atoms with E-state index in [1.165, 1.54) is 0 Å². The van der Waals surface area contributed by atoms with Gasteiger partial charge in [-0.05, 0) is 20.0 Å². The molecule has 0 radical (unpaired) electrons. The molecule has 21 heavy (non-hydrogen) atoms. The molecule has 1 saturated heterocycles. The van der Waals surface area contributed by atoms with Crippen LogP contribution in [0.2, 0.25) is 0 Å². The highest BCUT2D eigenvalue weighted by Crippen LogP contribution is 2.30. The molecule has 0 aliphatic carbocycles. The van der Waals surface area contributed by atoms with Crippen LogP contribution in [0.5, 0.6) is 11.5 Å². The van der Waals surface area contributed by atoms with Crippen molar-refractivity contribution in [3.05, 3.63) is 23.8 Å². The standard InChI is InChI=1S/C16H27N3O2/c1-3-21-15-6-4-5-14(16(15)20)13-18(2)11-12-19-9-7-17-8-10-19/h4-6,17,20H,3,7-13H2,1-2H3. The maximum atomic E-state index is 10.2. The minimum absolute atomic E-state index is 0.272. The number of phenols is 1. The number of piperazine rings is 1. The highest BCUT2D eigenvalue weighted by Gasteiger charge is 2.12. The predicted molar refractivity (Wildman–Crippen MR) is 84.9 cm³/mol. The summed E-state index contributed by atoms with van der Waals surface area (Å²) in [6.07, 6.45) is 0. The van der Waals surface area contributed by atoms with Gasteiger partial charge in [0.25, 0.3) is 0 Å². The van der Waals surface area contributed by atoms with Crippen molar-refractivity contribution in [1.82, 2.24) is 15.1 Å². The van der Waals surface area contributed by atoms with Gasteiger partial charge in [-0.3, -0.25) is 4.90 Å². The molecule has 1 aliphatic rings. The lowest BCUT2D eigenvalue weighted by molar-refractivity contribution is 0.201. The zero-order chi connectivity index (χ0) is 15.1. The van der Waals surface area contributed by atoms with Crippen molar-refractivity contribution in [2.45, 2.75) is 13.5 Å². The number of ether oxygens (including phenoxy) is 1. The fourth-order valence-corrected chi connectivity index (χ4v) is 2.58. The lowest BCUT2D eigenvalue weighted by atomic mass is 10.1. The van der Waals surface area contributed by atoms with Crippen LogP contribution in [-0.2, 0) is 6.54 Å². The molecule has 2 N–H and O–H groups in total. The van der Waals surface area contributed by atoms with E-state index >= 15 is 0 Å². The monoisotopic (exact) mass is 293 g/mol. The first-order valence-corrected chi connectivity index (χ1v) is 7.76. The summed E-state index contributed by atoms with van der Waals surface area (Å²) in [6, 6.07) is 5.70. The largest absolute Gasteiger partial charge is 0.504 e. The zero-order valence-electron chi connectivity index (χ0n) is 13.1. The van der Waals surface area contributed by atoms with Crippen LogP contribution in [0.25, 0.3) is 0 Å². The molecule has 0 unspecified atom stereocenters. The third kappa shape index (κ3) is 4.88. The van der Waals surface area contributed by atoms with E-state index in [0.29, 0.717) is 12.4 Å². The summed E-state index contributed by atoms with van der Waals surface area (Å²) >= 11 is 0. The number of para-hydroxylation sites is 1. The Morgan fingerprint density at radius 3 is 2.81 bits per heavy atom. The molecule has 0 aromatic heterocycles. The number of aromatic hydroxyl groups is 1. The Balaban J connectivity index is 1.84. The maximum Gasteiger partial charge on any atom is 0.162 e. The molecule has 1 fully saturated rings. The van der Waals surface area contributed by atoms with Crippen LogP contribution in [-0.4, -0.2) is 67.8 Å². The van der Waals surface area contributed by atoms with Gasteiger partial charge in [-0.1, -0.05) is 12.1 Å². The Morgan fingerprint density at radius 1 is 1.33 bits per heavy atom. The van der Waals surface area contributed by atoms with Crippen LogP contribution in [0, 0.1) is 0 Å². The Bertz CT molecular complexity index is 434. The second-order valence-corrected chi connectivity index (χ2v) is 5.53. The van der Waals surface area contributed by atoms with Gasteiger partial charge >= 0.3 is 0 Å². The first-order valence-electron chi connectivity index (χ1n) is 7.76. The van der Waals surface area contributed by atoms with E-state index in [9.17, 15) is 5.11 Å². The molecular formula is C16H27N3O2. The van der Waals surface area contributed by atoms with E-state index in [-0.39, 0.29) is 5.75 Å². The van der Waals surface area contributed by atoms with Gasteiger partial charge in [0.1, 0.15) is 0 Å². The summed E-state index contributed by atoms with van der Waals surface area (Å²) in [5.41, 5.74) is 0.920. The SMILES string of the molecule is CCOc1cccc(CN(C)CCN2CCNCC2)c1O. The fourth-order valence-electron chi connectivity index (χ4n) is 2.58. The smallest absolute Gasteiger partial charge is 0.162 e. The summed E-state index contributed by atoms with van der Waals surface area (Å²) in [5, 5.41) is 13.6. The van der Waals surface area contributed by atoms with Crippen LogP contribution in [0.1, 0.15) is 12.5 Å². The highest BCUT2D eigenvalue weighted by molar-refractivity contribution is 5.45. The number of nitrogens with one attached hydrogen (secondary N) is 1. The second kappa shape index (κ2) is 8.22. The fraction of sp³-hybridized carbons (Fsp3) is 0.625. The molecule has 0 bridgehead atoms. The Hall–Kier alpha value is -1.30. The first-order chi connectivity index (χ1) is 10.2. The number of hydrogen-bond donors (Lipinski definition) is 2. The summed E-state index contributed by atoms with van der Waals surface area (Å²) in [6.45, 7) is 9.71. The van der Waals surface area contributed by atoms with Crippen molar-refractivity contribution >= 4 is 0 Å². The van der Waals surface area contributed by atoms with Crippen molar-refractivity contribution in [1.29, 1.82) is 0 Å². The molecule has 1 aliphatic heterocycles. The third-order valence-electron chi connectivity index (χ3n) is 3.83. The zero-order valence-corrected chi connectivity index (χ0v) is 13.1. The maximum absolute atomic E-state index is 10.2. The van der Waals surface area contributed by atoms with Crippen molar-refractivity contribution < 1.29 is 9.84 Å². The topological polar surface area (TPSA) is 48.0 Å². The molecule has 0 spiro atoms. The van der Waals surface area contributed by atoms with E-state index in [1.807, 2.05) is 25.1 Å². The second-order valence-electron chi connectivity index (χ2n) is 5.53. The quantitative estimate of drug-likeness (QED) is 0.789. The molecule has 0 atom stereocenters. The number of phenolic OH excluding ortho intramolecular Hbond substituents is 1. The minimum atomic E-state index is 0.272. The van der Waals surface area contributed by atoms with Gasteiger partial charge in [0, 0.05) is 51.4 Å². The van der Waals surface area contributed by atoms with Gasteiger partial charge in [0.05, 0.1) is 6.61 Å². The molecule has 1 heterocycles. The van der Waals surface area contributed by atoms with Crippen LogP contribution < -0.4 is 10.1 Å². The van der Waals surface area contributed by atoms with Gasteiger partial charge in [-0.2, -0.15) is 0 Å². The summed E-state index contributed by atoms with van der Waals surface area (Å²) < 4.78 is 5.43. The number of nitrogens with zero attached hydrogens (tertiary/aromatic N) is 2. The van der Waals surface area contributed by atoms with Gasteiger partial charge < -0.3 is 20.1 Å². The van der Waals surface area contributed by atoms with E-state index in [2.05, 4.69) is 22.2 Å². The van der Waals surface area contributed by atoms with Crippen molar-refractivity contribution in [3.63, 3.8) is 0 Å². The van der Waals surface area contributed by atoms with E-state index < -0.39 is 0 Å². The van der Waals surface area contributed by atoms with Gasteiger partial charge in [0.2, 0.25) is 0 Å². The van der Waals surface area contributed by atoms with Crippen LogP contribution in [0.15, 0.2) is 18.2 Å². The van der Waals surface area contributed by atoms with Crippen LogP contribution >= 0.6 is 0 Å². The average molecular weight is 293 g/mol. The van der Waals surface area contributed by atoms with Crippen molar-refractivity contribution in [3.8, 4) is 11.5 Å². The van der Waals surface area contributed by atoms with E-state index in [0.717, 1.165) is 51.4 Å². The number of hydrogen-bond acceptors (Lipinski definition) is 5. The Kier molecular flexibility index (Phi) is 6.29. The molecule has 5 nitrogen and oxygen atoms in total.